The predicted octanol–water partition coefficient (Wildman–Crippen LogP) is 1.23. The number of hydrogen-bond acceptors (Lipinski definition) is 5. The minimum atomic E-state index is -0.213. The zero-order valence-corrected chi connectivity index (χ0v) is 14.2. The van der Waals surface area contributed by atoms with Crippen LogP contribution in [-0.2, 0) is 11.2 Å². The van der Waals surface area contributed by atoms with Gasteiger partial charge >= 0.3 is 0 Å². The first kappa shape index (κ1) is 17.4. The van der Waals surface area contributed by atoms with E-state index in [0.29, 0.717) is 18.9 Å². The molecule has 0 fully saturated rings. The summed E-state index contributed by atoms with van der Waals surface area (Å²) in [6, 6.07) is 0. The van der Waals surface area contributed by atoms with Crippen molar-refractivity contribution in [3.8, 4) is 0 Å². The summed E-state index contributed by atoms with van der Waals surface area (Å²) in [6.45, 7) is 3.02. The van der Waals surface area contributed by atoms with E-state index in [4.69, 9.17) is 27.1 Å². The summed E-state index contributed by atoms with van der Waals surface area (Å²) in [5.74, 6) is 0.922. The number of aryl methyl sites for hydroxylation is 1. The van der Waals surface area contributed by atoms with Crippen LogP contribution in [-0.4, -0.2) is 37.0 Å². The van der Waals surface area contributed by atoms with E-state index >= 15 is 0 Å². The molecular weight excluding hydrogens is 316 g/mol. The molecular formula is C15H22N4O3S. The topological polar surface area (TPSA) is 102 Å². The molecule has 7 nitrogen and oxygen atoms in total. The maximum atomic E-state index is 12.3. The molecule has 0 atom stereocenters. The molecule has 8 heteroatoms. The highest BCUT2D eigenvalue weighted by molar-refractivity contribution is 7.80. The average Bonchev–Trinajstić information content (AvgIpc) is 2.87. The molecule has 1 amide bonds. The fourth-order valence-corrected chi connectivity index (χ4v) is 2.66. The summed E-state index contributed by atoms with van der Waals surface area (Å²) in [5, 5.41) is 7.19. The Balaban J connectivity index is 2.17. The number of furan rings is 1. The molecule has 0 spiro atoms. The lowest BCUT2D eigenvalue weighted by molar-refractivity contribution is 0.0918. The maximum Gasteiger partial charge on any atom is 0.287 e. The van der Waals surface area contributed by atoms with Crippen molar-refractivity contribution in [1.82, 2.24) is 10.7 Å². The molecule has 1 aliphatic carbocycles. The van der Waals surface area contributed by atoms with Gasteiger partial charge in [-0.1, -0.05) is 0 Å². The van der Waals surface area contributed by atoms with Crippen LogP contribution < -0.4 is 16.5 Å². The summed E-state index contributed by atoms with van der Waals surface area (Å²) in [6.07, 6.45) is 3.25. The minimum Gasteiger partial charge on any atom is -0.455 e. The first-order chi connectivity index (χ1) is 11.0. The van der Waals surface area contributed by atoms with Gasteiger partial charge in [0, 0.05) is 37.8 Å². The number of rotatable bonds is 6. The van der Waals surface area contributed by atoms with Crippen LogP contribution in [0, 0.1) is 6.92 Å². The second kappa shape index (κ2) is 8.07. The van der Waals surface area contributed by atoms with Crippen LogP contribution in [0.2, 0.25) is 0 Å². The van der Waals surface area contributed by atoms with Crippen LogP contribution in [0.25, 0.3) is 0 Å². The van der Waals surface area contributed by atoms with Crippen molar-refractivity contribution in [3.05, 3.63) is 22.6 Å². The van der Waals surface area contributed by atoms with Crippen molar-refractivity contribution in [2.75, 3.05) is 20.3 Å². The molecule has 2 rings (SSSR count). The Morgan fingerprint density at radius 2 is 2.26 bits per heavy atom. The lowest BCUT2D eigenvalue weighted by atomic mass is 9.93. The molecule has 0 saturated carbocycles. The smallest absolute Gasteiger partial charge is 0.287 e. The van der Waals surface area contributed by atoms with Gasteiger partial charge in [-0.2, -0.15) is 5.10 Å². The van der Waals surface area contributed by atoms with E-state index in [1.165, 1.54) is 0 Å². The number of methoxy groups -OCH3 is 1. The molecule has 1 heterocycles. The third-order valence-corrected chi connectivity index (χ3v) is 3.74. The normalized spacial score (nSPS) is 15.3. The van der Waals surface area contributed by atoms with Crippen molar-refractivity contribution in [2.45, 2.75) is 32.6 Å². The number of nitrogens with zero attached hydrogens (tertiary/aromatic N) is 1. The van der Waals surface area contributed by atoms with E-state index < -0.39 is 0 Å². The van der Waals surface area contributed by atoms with Crippen molar-refractivity contribution >= 4 is 28.9 Å². The number of ether oxygens (including phenoxy) is 1. The Bertz CT molecular complexity index is 624. The molecule has 0 radical (unpaired) electrons. The lowest BCUT2D eigenvalue weighted by Crippen LogP contribution is -2.27. The van der Waals surface area contributed by atoms with E-state index in [1.54, 1.807) is 7.11 Å². The van der Waals surface area contributed by atoms with Crippen LogP contribution in [0.4, 0.5) is 0 Å². The Kier molecular flexibility index (Phi) is 6.12. The van der Waals surface area contributed by atoms with Gasteiger partial charge in [0.2, 0.25) is 0 Å². The molecule has 0 unspecified atom stereocenters. The van der Waals surface area contributed by atoms with Crippen LogP contribution in [0.5, 0.6) is 0 Å². The standard InChI is InChI=1S/C15H22N4O3S/c1-9-12-10(18-19-15(16)23)5-3-6-11(12)22-13(9)14(20)17-7-4-8-21-2/h3-8H2,1-2H3,(H,17,20)(H3,16,19,23)/b18-10+. The molecule has 0 aliphatic heterocycles. The second-order valence-corrected chi connectivity index (χ2v) is 5.78. The SMILES string of the molecule is COCCCNC(=O)c1oc2c(c1C)/C(=N/NC(N)=S)CCC2. The van der Waals surface area contributed by atoms with Gasteiger partial charge in [0.05, 0.1) is 5.71 Å². The summed E-state index contributed by atoms with van der Waals surface area (Å²) < 4.78 is 10.7. The highest BCUT2D eigenvalue weighted by Crippen LogP contribution is 2.29. The number of amides is 1. The van der Waals surface area contributed by atoms with Gasteiger partial charge in [0.1, 0.15) is 5.76 Å². The Hall–Kier alpha value is -1.93. The number of nitrogens with one attached hydrogen (secondary N) is 2. The van der Waals surface area contributed by atoms with E-state index in [1.807, 2.05) is 6.92 Å². The number of hydrazone groups is 1. The Labute approximate surface area is 140 Å². The predicted molar refractivity (Wildman–Crippen MR) is 91.7 cm³/mol. The summed E-state index contributed by atoms with van der Waals surface area (Å²) >= 11 is 4.77. The van der Waals surface area contributed by atoms with Crippen LogP contribution in [0.3, 0.4) is 0 Å². The highest BCUT2D eigenvalue weighted by atomic mass is 32.1. The van der Waals surface area contributed by atoms with Crippen molar-refractivity contribution < 1.29 is 13.9 Å². The molecule has 0 aromatic carbocycles. The van der Waals surface area contributed by atoms with Crippen LogP contribution >= 0.6 is 12.2 Å². The van der Waals surface area contributed by atoms with Crippen molar-refractivity contribution in [2.24, 2.45) is 10.8 Å². The third-order valence-electron chi connectivity index (χ3n) is 3.64. The van der Waals surface area contributed by atoms with Gasteiger partial charge in [-0.25, -0.2) is 0 Å². The monoisotopic (exact) mass is 338 g/mol. The van der Waals surface area contributed by atoms with Crippen LogP contribution in [0.15, 0.2) is 9.52 Å². The first-order valence-corrected chi connectivity index (χ1v) is 7.97. The molecule has 23 heavy (non-hydrogen) atoms. The lowest BCUT2D eigenvalue weighted by Gasteiger charge is -2.13. The van der Waals surface area contributed by atoms with Gasteiger partial charge in [-0.3, -0.25) is 10.2 Å². The molecule has 1 aromatic heterocycles. The third kappa shape index (κ3) is 4.29. The molecule has 4 N–H and O–H groups in total. The Morgan fingerprint density at radius 1 is 1.48 bits per heavy atom. The van der Waals surface area contributed by atoms with E-state index in [-0.39, 0.29) is 11.0 Å². The maximum absolute atomic E-state index is 12.3. The quantitative estimate of drug-likeness (QED) is 0.410. The summed E-state index contributed by atoms with van der Waals surface area (Å²) in [5.41, 5.74) is 10.5. The zero-order valence-electron chi connectivity index (χ0n) is 13.4. The van der Waals surface area contributed by atoms with Gasteiger partial charge in [0.15, 0.2) is 10.9 Å². The number of nitrogens with two attached hydrogens (primary N) is 1. The molecule has 126 valence electrons. The van der Waals surface area contributed by atoms with E-state index in [0.717, 1.165) is 48.3 Å². The largest absolute Gasteiger partial charge is 0.455 e. The van der Waals surface area contributed by atoms with E-state index in [2.05, 4.69) is 15.8 Å². The van der Waals surface area contributed by atoms with Crippen molar-refractivity contribution in [3.63, 3.8) is 0 Å². The van der Waals surface area contributed by atoms with Gasteiger partial charge in [-0.05, 0) is 38.4 Å². The number of fused-ring (bicyclic) bond motifs is 1. The highest BCUT2D eigenvalue weighted by Gasteiger charge is 2.27. The molecule has 0 saturated heterocycles. The summed E-state index contributed by atoms with van der Waals surface area (Å²) in [4.78, 5) is 12.3. The van der Waals surface area contributed by atoms with Gasteiger partial charge < -0.3 is 20.2 Å². The summed E-state index contributed by atoms with van der Waals surface area (Å²) in [7, 11) is 1.63. The van der Waals surface area contributed by atoms with Gasteiger partial charge in [-0.15, -0.1) is 0 Å². The fourth-order valence-electron chi connectivity index (χ4n) is 2.62. The average molecular weight is 338 g/mol. The number of hydrogen-bond donors (Lipinski definition) is 3. The first-order valence-electron chi connectivity index (χ1n) is 7.56. The second-order valence-electron chi connectivity index (χ2n) is 5.34. The zero-order chi connectivity index (χ0) is 16.8. The van der Waals surface area contributed by atoms with Crippen molar-refractivity contribution in [1.29, 1.82) is 0 Å². The molecule has 1 aromatic rings. The van der Waals surface area contributed by atoms with Crippen LogP contribution in [0.1, 0.15) is 46.7 Å². The molecule has 1 aliphatic rings. The van der Waals surface area contributed by atoms with Gasteiger partial charge in [0.25, 0.3) is 5.91 Å². The number of carbonyl (C=O) groups excluding carboxylic acids is 1. The number of thiocarbonyl (C=S) groups is 1. The molecule has 0 bridgehead atoms. The minimum absolute atomic E-state index is 0.113. The van der Waals surface area contributed by atoms with E-state index in [9.17, 15) is 4.79 Å². The fraction of sp³-hybridized carbons (Fsp3) is 0.533. The Morgan fingerprint density at radius 3 is 2.96 bits per heavy atom. The number of carbonyl (C=O) groups is 1.